The third-order valence-corrected chi connectivity index (χ3v) is 3.14. The predicted molar refractivity (Wildman–Crippen MR) is 58.3 cm³/mol. The summed E-state index contributed by atoms with van der Waals surface area (Å²) in [5.41, 5.74) is 1.09. The Bertz CT molecular complexity index is 279. The first-order valence-electron chi connectivity index (χ1n) is 5.32. The maximum atomic E-state index is 10.8. The van der Waals surface area contributed by atoms with Crippen molar-refractivity contribution in [1.82, 2.24) is 0 Å². The SMILES string of the molecule is CC(=O)OC[C@H]1C(C)=C[C@@H](O)CC1(C)C. The summed E-state index contributed by atoms with van der Waals surface area (Å²) < 4.78 is 5.06. The summed E-state index contributed by atoms with van der Waals surface area (Å²) in [6.45, 7) is 8.02. The normalized spacial score (nSPS) is 29.5. The average Bonchev–Trinajstić information content (AvgIpc) is 1.98. The van der Waals surface area contributed by atoms with Gasteiger partial charge in [0, 0.05) is 12.8 Å². The van der Waals surface area contributed by atoms with E-state index in [0.717, 1.165) is 12.0 Å². The molecular formula is C12H20O3. The minimum atomic E-state index is -0.367. The van der Waals surface area contributed by atoms with E-state index < -0.39 is 0 Å². The van der Waals surface area contributed by atoms with Gasteiger partial charge in [-0.3, -0.25) is 4.79 Å². The lowest BCUT2D eigenvalue weighted by atomic mass is 9.68. The van der Waals surface area contributed by atoms with Crippen molar-refractivity contribution in [3.63, 3.8) is 0 Å². The molecule has 0 aromatic heterocycles. The fourth-order valence-electron chi connectivity index (χ4n) is 2.33. The van der Waals surface area contributed by atoms with Crippen LogP contribution in [0.2, 0.25) is 0 Å². The first kappa shape index (κ1) is 12.2. The lowest BCUT2D eigenvalue weighted by Gasteiger charge is -2.39. The Balaban J connectivity index is 2.75. The van der Waals surface area contributed by atoms with E-state index in [1.807, 2.05) is 13.0 Å². The highest BCUT2D eigenvalue weighted by atomic mass is 16.5. The molecule has 2 atom stereocenters. The second-order valence-corrected chi connectivity index (χ2v) is 5.03. The Morgan fingerprint density at radius 3 is 2.73 bits per heavy atom. The fraction of sp³-hybridized carbons (Fsp3) is 0.750. The molecule has 86 valence electrons. The number of rotatable bonds is 2. The van der Waals surface area contributed by atoms with Crippen LogP contribution in [0, 0.1) is 11.3 Å². The molecule has 0 bridgehead atoms. The molecule has 0 aliphatic heterocycles. The predicted octanol–water partition coefficient (Wildman–Crippen LogP) is 1.90. The molecular weight excluding hydrogens is 192 g/mol. The maximum Gasteiger partial charge on any atom is 0.302 e. The van der Waals surface area contributed by atoms with E-state index in [1.165, 1.54) is 6.92 Å². The standard InChI is InChI=1S/C12H20O3/c1-8-5-10(14)6-12(3,4)11(8)7-15-9(2)13/h5,10-11,14H,6-7H2,1-4H3/t10-,11+/m1/s1. The van der Waals surface area contributed by atoms with E-state index in [0.29, 0.717) is 6.61 Å². The van der Waals surface area contributed by atoms with Crippen LogP contribution in [0.5, 0.6) is 0 Å². The molecule has 3 heteroatoms. The summed E-state index contributed by atoms with van der Waals surface area (Å²) in [6.07, 6.45) is 2.21. The molecule has 0 aromatic rings. The largest absolute Gasteiger partial charge is 0.465 e. The minimum Gasteiger partial charge on any atom is -0.465 e. The van der Waals surface area contributed by atoms with E-state index in [1.54, 1.807) is 0 Å². The molecule has 1 aliphatic carbocycles. The van der Waals surface area contributed by atoms with Crippen molar-refractivity contribution in [2.75, 3.05) is 6.61 Å². The van der Waals surface area contributed by atoms with Crippen LogP contribution < -0.4 is 0 Å². The highest BCUT2D eigenvalue weighted by Crippen LogP contribution is 2.40. The first-order chi connectivity index (χ1) is 6.83. The summed E-state index contributed by atoms with van der Waals surface area (Å²) >= 11 is 0. The van der Waals surface area contributed by atoms with E-state index in [2.05, 4.69) is 13.8 Å². The van der Waals surface area contributed by atoms with Crippen molar-refractivity contribution < 1.29 is 14.6 Å². The smallest absolute Gasteiger partial charge is 0.302 e. The van der Waals surface area contributed by atoms with Crippen LogP contribution in [-0.2, 0) is 9.53 Å². The molecule has 0 spiro atoms. The molecule has 0 aromatic carbocycles. The van der Waals surface area contributed by atoms with Gasteiger partial charge < -0.3 is 9.84 Å². The molecule has 0 fully saturated rings. The molecule has 1 N–H and O–H groups in total. The van der Waals surface area contributed by atoms with E-state index in [-0.39, 0.29) is 23.4 Å². The van der Waals surface area contributed by atoms with Gasteiger partial charge in [0.2, 0.25) is 0 Å². The van der Waals surface area contributed by atoms with Crippen LogP contribution >= 0.6 is 0 Å². The second-order valence-electron chi connectivity index (χ2n) is 5.03. The second kappa shape index (κ2) is 4.35. The van der Waals surface area contributed by atoms with Gasteiger partial charge in [0.15, 0.2) is 0 Å². The van der Waals surface area contributed by atoms with Gasteiger partial charge in [-0.2, -0.15) is 0 Å². The van der Waals surface area contributed by atoms with Crippen molar-refractivity contribution >= 4 is 5.97 Å². The maximum absolute atomic E-state index is 10.8. The van der Waals surface area contributed by atoms with Gasteiger partial charge >= 0.3 is 5.97 Å². The molecule has 0 saturated heterocycles. The molecule has 15 heavy (non-hydrogen) atoms. The highest BCUT2D eigenvalue weighted by molar-refractivity contribution is 5.65. The molecule has 0 unspecified atom stereocenters. The summed E-state index contributed by atoms with van der Waals surface area (Å²) in [5, 5.41) is 9.63. The molecule has 3 nitrogen and oxygen atoms in total. The number of carbonyl (C=O) groups is 1. The van der Waals surface area contributed by atoms with Crippen molar-refractivity contribution in [2.24, 2.45) is 11.3 Å². The van der Waals surface area contributed by atoms with Crippen LogP contribution in [0.15, 0.2) is 11.6 Å². The third-order valence-electron chi connectivity index (χ3n) is 3.14. The number of aliphatic hydroxyl groups is 1. The highest BCUT2D eigenvalue weighted by Gasteiger charge is 2.36. The Morgan fingerprint density at radius 2 is 2.27 bits per heavy atom. The van der Waals surface area contributed by atoms with Crippen LogP contribution in [0.25, 0.3) is 0 Å². The molecule has 0 amide bonds. The molecule has 1 rings (SSSR count). The summed E-state index contributed by atoms with van der Waals surface area (Å²) in [5.74, 6) is -0.0329. The van der Waals surface area contributed by atoms with Gasteiger partial charge in [-0.05, 0) is 18.8 Å². The zero-order valence-electron chi connectivity index (χ0n) is 9.91. The molecule has 1 aliphatic rings. The van der Waals surface area contributed by atoms with Crippen molar-refractivity contribution in [1.29, 1.82) is 0 Å². The van der Waals surface area contributed by atoms with Gasteiger partial charge in [0.25, 0.3) is 0 Å². The van der Waals surface area contributed by atoms with Crippen molar-refractivity contribution in [2.45, 2.75) is 40.2 Å². The molecule has 0 heterocycles. The summed E-state index contributed by atoms with van der Waals surface area (Å²) in [4.78, 5) is 10.8. The number of aliphatic hydroxyl groups excluding tert-OH is 1. The number of esters is 1. The lowest BCUT2D eigenvalue weighted by molar-refractivity contribution is -0.143. The Labute approximate surface area is 91.1 Å². The number of carbonyl (C=O) groups excluding carboxylic acids is 1. The van der Waals surface area contributed by atoms with Crippen LogP contribution in [0.1, 0.15) is 34.1 Å². The quantitative estimate of drug-likeness (QED) is 0.561. The molecule has 0 saturated carbocycles. The van der Waals surface area contributed by atoms with Crippen molar-refractivity contribution in [3.8, 4) is 0 Å². The fourth-order valence-corrected chi connectivity index (χ4v) is 2.33. The van der Waals surface area contributed by atoms with Crippen LogP contribution in [-0.4, -0.2) is 23.8 Å². The van der Waals surface area contributed by atoms with Crippen LogP contribution in [0.3, 0.4) is 0 Å². The van der Waals surface area contributed by atoms with E-state index >= 15 is 0 Å². The number of ether oxygens (including phenoxy) is 1. The topological polar surface area (TPSA) is 46.5 Å². The summed E-state index contributed by atoms with van der Waals surface area (Å²) in [7, 11) is 0. The Kier molecular flexibility index (Phi) is 3.55. The minimum absolute atomic E-state index is 0.0201. The van der Waals surface area contributed by atoms with Gasteiger partial charge in [-0.15, -0.1) is 0 Å². The average molecular weight is 212 g/mol. The monoisotopic (exact) mass is 212 g/mol. The first-order valence-corrected chi connectivity index (χ1v) is 5.32. The van der Waals surface area contributed by atoms with Crippen LogP contribution in [0.4, 0.5) is 0 Å². The third kappa shape index (κ3) is 3.06. The Morgan fingerprint density at radius 1 is 1.67 bits per heavy atom. The Hall–Kier alpha value is -0.830. The zero-order chi connectivity index (χ0) is 11.6. The number of hydrogen-bond donors (Lipinski definition) is 1. The van der Waals surface area contributed by atoms with Gasteiger partial charge in [-0.25, -0.2) is 0 Å². The van der Waals surface area contributed by atoms with Gasteiger partial charge in [0.1, 0.15) is 0 Å². The summed E-state index contributed by atoms with van der Waals surface area (Å²) in [6, 6.07) is 0. The van der Waals surface area contributed by atoms with E-state index in [9.17, 15) is 9.90 Å². The van der Waals surface area contributed by atoms with Gasteiger partial charge in [-0.1, -0.05) is 25.5 Å². The van der Waals surface area contributed by atoms with Gasteiger partial charge in [0.05, 0.1) is 12.7 Å². The van der Waals surface area contributed by atoms with E-state index in [4.69, 9.17) is 4.74 Å². The zero-order valence-corrected chi connectivity index (χ0v) is 9.91. The number of hydrogen-bond acceptors (Lipinski definition) is 3. The molecule has 0 radical (unpaired) electrons. The lowest BCUT2D eigenvalue weighted by Crippen LogP contribution is -2.36. The van der Waals surface area contributed by atoms with Crippen molar-refractivity contribution in [3.05, 3.63) is 11.6 Å².